The SMILES string of the molecule is CSc1ccccc1-c1ccnc(Cl)c1C=O. The van der Waals surface area contributed by atoms with Gasteiger partial charge < -0.3 is 0 Å². The first-order valence-corrected chi connectivity index (χ1v) is 6.61. The minimum Gasteiger partial charge on any atom is -0.298 e. The zero-order valence-corrected chi connectivity index (χ0v) is 10.8. The van der Waals surface area contributed by atoms with Crippen molar-refractivity contribution < 1.29 is 4.79 Å². The molecule has 0 aliphatic rings. The Morgan fingerprint density at radius 2 is 2.00 bits per heavy atom. The number of benzene rings is 1. The lowest BCUT2D eigenvalue weighted by molar-refractivity contribution is 0.112. The fourth-order valence-electron chi connectivity index (χ4n) is 1.66. The predicted octanol–water partition coefficient (Wildman–Crippen LogP) is 3.94. The number of rotatable bonds is 3. The number of carbonyl (C=O) groups excluding carboxylic acids is 1. The van der Waals surface area contributed by atoms with Crippen LogP contribution in [0.25, 0.3) is 11.1 Å². The Morgan fingerprint density at radius 3 is 2.71 bits per heavy atom. The molecule has 0 fully saturated rings. The van der Waals surface area contributed by atoms with Gasteiger partial charge in [0.25, 0.3) is 0 Å². The van der Waals surface area contributed by atoms with Gasteiger partial charge in [0.05, 0.1) is 5.56 Å². The van der Waals surface area contributed by atoms with Crippen LogP contribution >= 0.6 is 23.4 Å². The summed E-state index contributed by atoms with van der Waals surface area (Å²) in [7, 11) is 0. The number of hydrogen-bond donors (Lipinski definition) is 0. The Balaban J connectivity index is 2.68. The van der Waals surface area contributed by atoms with E-state index in [1.54, 1.807) is 18.0 Å². The van der Waals surface area contributed by atoms with Crippen molar-refractivity contribution in [2.24, 2.45) is 0 Å². The summed E-state index contributed by atoms with van der Waals surface area (Å²) in [6, 6.07) is 9.72. The second kappa shape index (κ2) is 5.34. The first-order chi connectivity index (χ1) is 8.27. The van der Waals surface area contributed by atoms with Gasteiger partial charge in [-0.25, -0.2) is 4.98 Å². The van der Waals surface area contributed by atoms with Gasteiger partial charge in [0.1, 0.15) is 5.15 Å². The molecule has 17 heavy (non-hydrogen) atoms. The summed E-state index contributed by atoms with van der Waals surface area (Å²) in [4.78, 5) is 16.1. The summed E-state index contributed by atoms with van der Waals surface area (Å²) >= 11 is 7.56. The smallest absolute Gasteiger partial charge is 0.153 e. The molecule has 0 aliphatic heterocycles. The number of aldehydes is 1. The number of halogens is 1. The molecule has 86 valence electrons. The van der Waals surface area contributed by atoms with E-state index in [0.29, 0.717) is 5.56 Å². The van der Waals surface area contributed by atoms with Gasteiger partial charge in [0.15, 0.2) is 6.29 Å². The third kappa shape index (κ3) is 2.35. The summed E-state index contributed by atoms with van der Waals surface area (Å²) < 4.78 is 0. The topological polar surface area (TPSA) is 30.0 Å². The molecule has 0 radical (unpaired) electrons. The van der Waals surface area contributed by atoms with E-state index < -0.39 is 0 Å². The zero-order chi connectivity index (χ0) is 12.3. The van der Waals surface area contributed by atoms with Gasteiger partial charge >= 0.3 is 0 Å². The lowest BCUT2D eigenvalue weighted by Crippen LogP contribution is -1.92. The Labute approximate surface area is 109 Å². The van der Waals surface area contributed by atoms with Crippen LogP contribution in [-0.2, 0) is 0 Å². The molecule has 1 heterocycles. The second-order valence-electron chi connectivity index (χ2n) is 3.38. The molecule has 0 atom stereocenters. The van der Waals surface area contributed by atoms with Crippen molar-refractivity contribution in [1.82, 2.24) is 4.98 Å². The van der Waals surface area contributed by atoms with E-state index in [0.717, 1.165) is 22.3 Å². The largest absolute Gasteiger partial charge is 0.298 e. The van der Waals surface area contributed by atoms with Gasteiger partial charge in [-0.15, -0.1) is 11.8 Å². The Morgan fingerprint density at radius 1 is 1.24 bits per heavy atom. The normalized spacial score (nSPS) is 10.2. The summed E-state index contributed by atoms with van der Waals surface area (Å²) in [5.41, 5.74) is 2.27. The standard InChI is InChI=1S/C13H10ClNOS/c1-17-12-5-3-2-4-10(12)9-6-7-15-13(14)11(9)8-16/h2-8H,1H3. The molecule has 0 spiro atoms. The monoisotopic (exact) mass is 263 g/mol. The molecule has 0 saturated heterocycles. The highest BCUT2D eigenvalue weighted by Crippen LogP contribution is 2.33. The molecular weight excluding hydrogens is 254 g/mol. The molecule has 0 N–H and O–H groups in total. The number of carbonyl (C=O) groups is 1. The van der Waals surface area contributed by atoms with Gasteiger partial charge in [-0.05, 0) is 29.5 Å². The summed E-state index contributed by atoms with van der Waals surface area (Å²) in [6.07, 6.45) is 4.37. The molecule has 2 nitrogen and oxygen atoms in total. The minimum absolute atomic E-state index is 0.244. The number of pyridine rings is 1. The van der Waals surface area contributed by atoms with Crippen molar-refractivity contribution in [2.75, 3.05) is 6.26 Å². The molecule has 0 amide bonds. The second-order valence-corrected chi connectivity index (χ2v) is 4.59. The predicted molar refractivity (Wildman–Crippen MR) is 71.9 cm³/mol. The van der Waals surface area contributed by atoms with Crippen molar-refractivity contribution in [3.8, 4) is 11.1 Å². The van der Waals surface area contributed by atoms with E-state index in [1.165, 1.54) is 0 Å². The molecule has 0 unspecified atom stereocenters. The van der Waals surface area contributed by atoms with E-state index in [2.05, 4.69) is 4.98 Å². The first-order valence-electron chi connectivity index (χ1n) is 5.01. The maximum Gasteiger partial charge on any atom is 0.153 e. The fraction of sp³-hybridized carbons (Fsp3) is 0.0769. The van der Waals surface area contributed by atoms with Crippen LogP contribution in [0.2, 0.25) is 5.15 Å². The van der Waals surface area contributed by atoms with Crippen LogP contribution in [-0.4, -0.2) is 17.5 Å². The van der Waals surface area contributed by atoms with Crippen LogP contribution in [0.3, 0.4) is 0 Å². The molecule has 0 saturated carbocycles. The quantitative estimate of drug-likeness (QED) is 0.477. The Hall–Kier alpha value is -1.32. The number of aromatic nitrogens is 1. The number of hydrogen-bond acceptors (Lipinski definition) is 3. The Kier molecular flexibility index (Phi) is 3.82. The van der Waals surface area contributed by atoms with Crippen molar-refractivity contribution in [1.29, 1.82) is 0 Å². The average molecular weight is 264 g/mol. The summed E-state index contributed by atoms with van der Waals surface area (Å²) in [5, 5.41) is 0.244. The molecule has 2 aromatic rings. The number of nitrogens with zero attached hydrogens (tertiary/aromatic N) is 1. The van der Waals surface area contributed by atoms with E-state index in [1.807, 2.05) is 36.6 Å². The van der Waals surface area contributed by atoms with Crippen LogP contribution in [0.5, 0.6) is 0 Å². The molecule has 2 rings (SSSR count). The summed E-state index contributed by atoms with van der Waals surface area (Å²) in [6.45, 7) is 0. The van der Waals surface area contributed by atoms with Crippen LogP contribution in [0.4, 0.5) is 0 Å². The van der Waals surface area contributed by atoms with Crippen molar-refractivity contribution in [3.05, 3.63) is 47.2 Å². The average Bonchev–Trinajstić information content (AvgIpc) is 2.38. The Bertz CT molecular complexity index is 557. The van der Waals surface area contributed by atoms with E-state index >= 15 is 0 Å². The van der Waals surface area contributed by atoms with Crippen molar-refractivity contribution in [3.63, 3.8) is 0 Å². The van der Waals surface area contributed by atoms with Crippen molar-refractivity contribution in [2.45, 2.75) is 4.90 Å². The molecule has 0 aliphatic carbocycles. The van der Waals surface area contributed by atoms with Gasteiger partial charge in [0.2, 0.25) is 0 Å². The maximum absolute atomic E-state index is 11.1. The number of thioether (sulfide) groups is 1. The van der Waals surface area contributed by atoms with Gasteiger partial charge in [-0.3, -0.25) is 4.79 Å². The zero-order valence-electron chi connectivity index (χ0n) is 9.18. The fourth-order valence-corrected chi connectivity index (χ4v) is 2.48. The highest BCUT2D eigenvalue weighted by molar-refractivity contribution is 7.98. The molecule has 4 heteroatoms. The van der Waals surface area contributed by atoms with Gasteiger partial charge in [-0.1, -0.05) is 29.8 Å². The highest BCUT2D eigenvalue weighted by Gasteiger charge is 2.11. The lowest BCUT2D eigenvalue weighted by atomic mass is 10.0. The minimum atomic E-state index is 0.244. The highest BCUT2D eigenvalue weighted by atomic mass is 35.5. The lowest BCUT2D eigenvalue weighted by Gasteiger charge is -2.09. The molecule has 1 aromatic heterocycles. The van der Waals surface area contributed by atoms with E-state index in [-0.39, 0.29) is 5.15 Å². The summed E-state index contributed by atoms with van der Waals surface area (Å²) in [5.74, 6) is 0. The van der Waals surface area contributed by atoms with Crippen LogP contribution in [0, 0.1) is 0 Å². The van der Waals surface area contributed by atoms with E-state index in [9.17, 15) is 4.79 Å². The molecule has 0 bridgehead atoms. The van der Waals surface area contributed by atoms with E-state index in [4.69, 9.17) is 11.6 Å². The van der Waals surface area contributed by atoms with Gasteiger partial charge in [0, 0.05) is 11.1 Å². The van der Waals surface area contributed by atoms with Crippen LogP contribution in [0.15, 0.2) is 41.4 Å². The van der Waals surface area contributed by atoms with Crippen LogP contribution < -0.4 is 0 Å². The van der Waals surface area contributed by atoms with Crippen molar-refractivity contribution >= 4 is 29.6 Å². The maximum atomic E-state index is 11.1. The van der Waals surface area contributed by atoms with Gasteiger partial charge in [-0.2, -0.15) is 0 Å². The third-order valence-corrected chi connectivity index (χ3v) is 3.55. The third-order valence-electron chi connectivity index (χ3n) is 2.46. The molecule has 1 aromatic carbocycles. The first kappa shape index (κ1) is 12.1. The molecular formula is C13H10ClNOS. The van der Waals surface area contributed by atoms with Crippen LogP contribution in [0.1, 0.15) is 10.4 Å².